The van der Waals surface area contributed by atoms with Crippen molar-refractivity contribution in [2.45, 2.75) is 23.3 Å². The molecular formula is C13H14ClN3O4S. The molecule has 2 heterocycles. The number of rotatable bonds is 3. The van der Waals surface area contributed by atoms with Crippen molar-refractivity contribution in [1.82, 2.24) is 15.1 Å². The fourth-order valence-corrected chi connectivity index (χ4v) is 4.69. The number of carboxylic acid groups (broad SMARTS) is 1. The number of fused-ring (bicyclic) bond motifs is 3. The average Bonchev–Trinajstić information content (AvgIpc) is 2.85. The standard InChI is InChI=1S/C13H14ClN3O4S/c1-7-12-11(17(16-7)5-4-15-13(18)19)9-6-8(14)2-3-10(9)22(12,20)21/h2-3,6,15,20-21H,4-5H2,1H3,(H,18,19). The zero-order valence-corrected chi connectivity index (χ0v) is 13.1. The summed E-state index contributed by atoms with van der Waals surface area (Å²) >= 11 is 6.01. The van der Waals surface area contributed by atoms with Crippen molar-refractivity contribution < 1.29 is 19.0 Å². The maximum atomic E-state index is 10.5. The van der Waals surface area contributed by atoms with Gasteiger partial charge in [-0.1, -0.05) is 11.6 Å². The monoisotopic (exact) mass is 343 g/mol. The molecule has 0 spiro atoms. The number of aromatic nitrogens is 2. The first-order chi connectivity index (χ1) is 10.3. The zero-order chi connectivity index (χ0) is 16.1. The Hall–Kier alpha value is -1.74. The van der Waals surface area contributed by atoms with Gasteiger partial charge in [0.05, 0.1) is 22.8 Å². The summed E-state index contributed by atoms with van der Waals surface area (Å²) in [6.07, 6.45) is -1.12. The van der Waals surface area contributed by atoms with Gasteiger partial charge >= 0.3 is 6.09 Å². The van der Waals surface area contributed by atoms with Crippen molar-refractivity contribution in [3.05, 3.63) is 28.9 Å². The van der Waals surface area contributed by atoms with Crippen LogP contribution in [0.4, 0.5) is 4.79 Å². The molecule has 0 atom stereocenters. The number of amides is 1. The minimum absolute atomic E-state index is 0.165. The first-order valence-corrected chi connectivity index (χ1v) is 8.37. The summed E-state index contributed by atoms with van der Waals surface area (Å²) in [5.74, 6) is 0. The third-order valence-corrected chi connectivity index (χ3v) is 5.72. The van der Waals surface area contributed by atoms with Gasteiger partial charge in [0.15, 0.2) is 0 Å². The Morgan fingerprint density at radius 1 is 1.45 bits per heavy atom. The number of nitrogens with one attached hydrogen (secondary N) is 1. The van der Waals surface area contributed by atoms with Crippen molar-refractivity contribution >= 4 is 28.3 Å². The maximum Gasteiger partial charge on any atom is 0.404 e. The van der Waals surface area contributed by atoms with Crippen molar-refractivity contribution in [3.8, 4) is 11.3 Å². The zero-order valence-electron chi connectivity index (χ0n) is 11.6. The summed E-state index contributed by atoms with van der Waals surface area (Å²) in [6, 6.07) is 4.88. The van der Waals surface area contributed by atoms with Crippen molar-refractivity contribution in [1.29, 1.82) is 0 Å². The van der Waals surface area contributed by atoms with Crippen LogP contribution in [0.3, 0.4) is 0 Å². The van der Waals surface area contributed by atoms with Crippen LogP contribution in [0.25, 0.3) is 11.3 Å². The molecule has 2 aromatic rings. The molecule has 22 heavy (non-hydrogen) atoms. The highest BCUT2D eigenvalue weighted by Gasteiger charge is 2.39. The smallest absolute Gasteiger partial charge is 0.404 e. The van der Waals surface area contributed by atoms with E-state index < -0.39 is 16.7 Å². The van der Waals surface area contributed by atoms with E-state index in [4.69, 9.17) is 16.7 Å². The Labute approximate surface area is 132 Å². The molecule has 9 heteroatoms. The highest BCUT2D eigenvalue weighted by molar-refractivity contribution is 8.24. The van der Waals surface area contributed by atoms with Crippen molar-refractivity contribution in [2.24, 2.45) is 0 Å². The number of hydrogen-bond acceptors (Lipinski definition) is 4. The molecule has 0 radical (unpaired) electrons. The van der Waals surface area contributed by atoms with Crippen LogP contribution in [-0.4, -0.2) is 36.6 Å². The lowest BCUT2D eigenvalue weighted by atomic mass is 10.1. The van der Waals surface area contributed by atoms with E-state index >= 15 is 0 Å². The molecule has 1 aliphatic rings. The van der Waals surface area contributed by atoms with Gasteiger partial charge in [-0.2, -0.15) is 5.10 Å². The normalized spacial score (nSPS) is 16.0. The van der Waals surface area contributed by atoms with Gasteiger partial charge < -0.3 is 10.4 Å². The third-order valence-electron chi connectivity index (χ3n) is 3.46. The third kappa shape index (κ3) is 2.24. The molecule has 0 saturated heterocycles. The quantitative estimate of drug-likeness (QED) is 0.684. The SMILES string of the molecule is Cc1nn(CCNC(=O)O)c2c1S(O)(O)c1ccc(Cl)cc1-2. The second kappa shape index (κ2) is 5.17. The fourth-order valence-electron chi connectivity index (χ4n) is 2.64. The van der Waals surface area contributed by atoms with Crippen LogP contribution >= 0.6 is 22.2 Å². The van der Waals surface area contributed by atoms with E-state index in [1.54, 1.807) is 29.8 Å². The van der Waals surface area contributed by atoms with Crippen LogP contribution in [0, 0.1) is 6.92 Å². The van der Waals surface area contributed by atoms with E-state index in [1.807, 2.05) is 0 Å². The number of carbonyl (C=O) groups is 1. The van der Waals surface area contributed by atoms with Crippen molar-refractivity contribution in [2.75, 3.05) is 6.54 Å². The molecule has 7 nitrogen and oxygen atoms in total. The lowest BCUT2D eigenvalue weighted by Gasteiger charge is -2.28. The number of nitrogens with zero attached hydrogens (tertiary/aromatic N) is 2. The molecule has 1 amide bonds. The minimum Gasteiger partial charge on any atom is -0.465 e. The second-order valence-electron chi connectivity index (χ2n) is 4.91. The van der Waals surface area contributed by atoms with Gasteiger partial charge in [0.2, 0.25) is 0 Å². The summed E-state index contributed by atoms with van der Waals surface area (Å²) < 4.78 is 22.6. The Kier molecular flexibility index (Phi) is 3.56. The molecule has 0 saturated carbocycles. The molecule has 1 aromatic carbocycles. The lowest BCUT2D eigenvalue weighted by Crippen LogP contribution is -2.25. The van der Waals surface area contributed by atoms with Crippen LogP contribution in [0.2, 0.25) is 5.02 Å². The number of benzene rings is 1. The summed E-state index contributed by atoms with van der Waals surface area (Å²) in [6.45, 7) is 2.14. The van der Waals surface area contributed by atoms with E-state index in [1.165, 1.54) is 0 Å². The molecule has 0 fully saturated rings. The fraction of sp³-hybridized carbons (Fsp3) is 0.231. The van der Waals surface area contributed by atoms with Crippen LogP contribution in [0.5, 0.6) is 0 Å². The Morgan fingerprint density at radius 2 is 2.18 bits per heavy atom. The van der Waals surface area contributed by atoms with E-state index in [0.717, 1.165) is 0 Å². The number of hydrogen-bond donors (Lipinski definition) is 4. The first kappa shape index (κ1) is 15.2. The molecule has 0 unspecified atom stereocenters. The number of halogens is 1. The van der Waals surface area contributed by atoms with E-state index in [-0.39, 0.29) is 13.1 Å². The topological polar surface area (TPSA) is 108 Å². The predicted molar refractivity (Wildman–Crippen MR) is 82.8 cm³/mol. The molecule has 0 bridgehead atoms. The molecule has 3 rings (SSSR count). The van der Waals surface area contributed by atoms with E-state index in [0.29, 0.717) is 31.8 Å². The molecule has 1 aromatic heterocycles. The molecule has 1 aliphatic heterocycles. The molecule has 118 valence electrons. The highest BCUT2D eigenvalue weighted by atomic mass is 35.5. The van der Waals surface area contributed by atoms with Gasteiger partial charge in [-0.05, 0) is 25.1 Å². The van der Waals surface area contributed by atoms with Gasteiger partial charge in [-0.25, -0.2) is 4.79 Å². The maximum absolute atomic E-state index is 10.5. The number of aryl methyl sites for hydroxylation is 1. The molecular weight excluding hydrogens is 330 g/mol. The summed E-state index contributed by atoms with van der Waals surface area (Å²) in [7, 11) is -3.11. The Bertz CT molecular complexity index is 775. The van der Waals surface area contributed by atoms with Crippen LogP contribution < -0.4 is 5.32 Å². The predicted octanol–water partition coefficient (Wildman–Crippen LogP) is 3.26. The second-order valence-corrected chi connectivity index (χ2v) is 7.29. The van der Waals surface area contributed by atoms with E-state index in [9.17, 15) is 13.9 Å². The summed E-state index contributed by atoms with van der Waals surface area (Å²) in [5, 5.41) is 15.7. The van der Waals surface area contributed by atoms with Gasteiger partial charge in [-0.3, -0.25) is 13.8 Å². The van der Waals surface area contributed by atoms with Gasteiger partial charge in [0.25, 0.3) is 0 Å². The van der Waals surface area contributed by atoms with Crippen LogP contribution in [0.15, 0.2) is 28.0 Å². The summed E-state index contributed by atoms with van der Waals surface area (Å²) in [4.78, 5) is 11.4. The van der Waals surface area contributed by atoms with Crippen LogP contribution in [0.1, 0.15) is 5.69 Å². The minimum atomic E-state index is -3.11. The molecule has 4 N–H and O–H groups in total. The average molecular weight is 344 g/mol. The van der Waals surface area contributed by atoms with Gasteiger partial charge in [0, 0.05) is 17.1 Å². The Balaban J connectivity index is 2.09. The van der Waals surface area contributed by atoms with Crippen molar-refractivity contribution in [3.63, 3.8) is 0 Å². The van der Waals surface area contributed by atoms with Gasteiger partial charge in [0.1, 0.15) is 4.90 Å². The molecule has 0 aliphatic carbocycles. The van der Waals surface area contributed by atoms with E-state index in [2.05, 4.69) is 10.4 Å². The van der Waals surface area contributed by atoms with Crippen LogP contribution in [-0.2, 0) is 6.54 Å². The first-order valence-electron chi connectivity index (χ1n) is 6.45. The largest absolute Gasteiger partial charge is 0.465 e. The highest BCUT2D eigenvalue weighted by Crippen LogP contribution is 2.67. The lowest BCUT2D eigenvalue weighted by molar-refractivity contribution is 0.194. The Morgan fingerprint density at radius 3 is 2.86 bits per heavy atom. The van der Waals surface area contributed by atoms with Gasteiger partial charge in [-0.15, -0.1) is 10.6 Å². The summed E-state index contributed by atoms with van der Waals surface area (Å²) in [5.41, 5.74) is 1.72.